The van der Waals surface area contributed by atoms with Crippen LogP contribution in [0.1, 0.15) is 23.2 Å². The lowest BCUT2D eigenvalue weighted by Gasteiger charge is -2.35. The van der Waals surface area contributed by atoms with E-state index in [1.807, 2.05) is 54.6 Å². The second kappa shape index (κ2) is 8.70. The van der Waals surface area contributed by atoms with Crippen molar-refractivity contribution in [1.82, 2.24) is 19.9 Å². The highest BCUT2D eigenvalue weighted by atomic mass is 16.5. The summed E-state index contributed by atoms with van der Waals surface area (Å²) >= 11 is 0. The smallest absolute Gasteiger partial charge is 0.257 e. The predicted octanol–water partition coefficient (Wildman–Crippen LogP) is 3.80. The zero-order chi connectivity index (χ0) is 21.9. The van der Waals surface area contributed by atoms with Crippen molar-refractivity contribution in [2.75, 3.05) is 25.1 Å². The maximum absolute atomic E-state index is 13.2. The Kier molecular flexibility index (Phi) is 5.46. The van der Waals surface area contributed by atoms with E-state index in [2.05, 4.69) is 26.4 Å². The van der Waals surface area contributed by atoms with Crippen LogP contribution in [0, 0.1) is 0 Å². The largest absolute Gasteiger partial charge is 0.495 e. The summed E-state index contributed by atoms with van der Waals surface area (Å²) in [5, 5.41) is 7.66. The monoisotopic (exact) mass is 427 g/mol. The van der Waals surface area contributed by atoms with Crippen molar-refractivity contribution < 1.29 is 9.53 Å². The maximum atomic E-state index is 13.2. The molecule has 0 radical (unpaired) electrons. The van der Waals surface area contributed by atoms with Gasteiger partial charge in [0.15, 0.2) is 5.65 Å². The number of aromatic nitrogens is 3. The fourth-order valence-electron chi connectivity index (χ4n) is 4.35. The normalized spacial score (nSPS) is 16.2. The molecule has 4 aromatic rings. The molecule has 1 aliphatic rings. The van der Waals surface area contributed by atoms with Crippen LogP contribution in [0.4, 0.5) is 5.69 Å². The van der Waals surface area contributed by atoms with Crippen molar-refractivity contribution in [3.8, 4) is 17.0 Å². The van der Waals surface area contributed by atoms with E-state index < -0.39 is 0 Å². The van der Waals surface area contributed by atoms with E-state index in [-0.39, 0.29) is 11.9 Å². The average Bonchev–Trinajstić information content (AvgIpc) is 3.29. The van der Waals surface area contributed by atoms with E-state index >= 15 is 0 Å². The maximum Gasteiger partial charge on any atom is 0.257 e. The van der Waals surface area contributed by atoms with E-state index in [1.54, 1.807) is 24.0 Å². The Hall–Kier alpha value is -3.87. The SMILES string of the molecule is COc1ccccc1N1CCCC(NC(=O)c2cnn3c(-c4ccccc4)ccnc23)C1. The van der Waals surface area contributed by atoms with Gasteiger partial charge in [-0.3, -0.25) is 4.79 Å². The third-order valence-corrected chi connectivity index (χ3v) is 5.90. The molecule has 2 aromatic heterocycles. The number of nitrogens with zero attached hydrogens (tertiary/aromatic N) is 4. The molecule has 0 bridgehead atoms. The first-order chi connectivity index (χ1) is 15.7. The fraction of sp³-hybridized carbons (Fsp3) is 0.240. The van der Waals surface area contributed by atoms with E-state index in [0.717, 1.165) is 48.6 Å². The highest BCUT2D eigenvalue weighted by Gasteiger charge is 2.25. The summed E-state index contributed by atoms with van der Waals surface area (Å²) in [7, 11) is 1.68. The molecule has 1 amide bonds. The van der Waals surface area contributed by atoms with E-state index in [9.17, 15) is 4.79 Å². The van der Waals surface area contributed by atoms with Crippen LogP contribution in [-0.4, -0.2) is 46.7 Å². The van der Waals surface area contributed by atoms with Crippen LogP contribution in [0.15, 0.2) is 73.1 Å². The molecule has 1 fully saturated rings. The summed E-state index contributed by atoms with van der Waals surface area (Å²) in [6.45, 7) is 1.67. The molecule has 1 N–H and O–H groups in total. The number of carbonyl (C=O) groups excluding carboxylic acids is 1. The number of hydrogen-bond acceptors (Lipinski definition) is 5. The minimum atomic E-state index is -0.149. The second-order valence-corrected chi connectivity index (χ2v) is 7.92. The Balaban J connectivity index is 1.36. The van der Waals surface area contributed by atoms with Gasteiger partial charge >= 0.3 is 0 Å². The topological polar surface area (TPSA) is 71.8 Å². The number of carbonyl (C=O) groups is 1. The molecule has 2 aromatic carbocycles. The molecule has 32 heavy (non-hydrogen) atoms. The van der Waals surface area contributed by atoms with Crippen molar-refractivity contribution in [2.45, 2.75) is 18.9 Å². The van der Waals surface area contributed by atoms with Gasteiger partial charge in [-0.2, -0.15) is 5.10 Å². The molecule has 1 unspecified atom stereocenters. The number of benzene rings is 2. The molecule has 1 aliphatic heterocycles. The summed E-state index contributed by atoms with van der Waals surface area (Å²) in [4.78, 5) is 19.9. The summed E-state index contributed by atoms with van der Waals surface area (Å²) in [6.07, 6.45) is 5.25. The number of hydrogen-bond donors (Lipinski definition) is 1. The van der Waals surface area contributed by atoms with Gasteiger partial charge in [-0.1, -0.05) is 42.5 Å². The van der Waals surface area contributed by atoms with Crippen LogP contribution in [0.3, 0.4) is 0 Å². The van der Waals surface area contributed by atoms with Gasteiger partial charge in [0.1, 0.15) is 11.3 Å². The summed E-state index contributed by atoms with van der Waals surface area (Å²) in [6, 6.07) is 19.9. The van der Waals surface area contributed by atoms with Crippen LogP contribution >= 0.6 is 0 Å². The molecule has 0 saturated carbocycles. The summed E-state index contributed by atoms with van der Waals surface area (Å²) in [5.74, 6) is 0.698. The number of amides is 1. The van der Waals surface area contributed by atoms with Crippen molar-refractivity contribution >= 4 is 17.2 Å². The Morgan fingerprint density at radius 1 is 1.09 bits per heavy atom. The molecule has 162 valence electrons. The number of para-hydroxylation sites is 2. The van der Waals surface area contributed by atoms with Crippen LogP contribution in [0.2, 0.25) is 0 Å². The van der Waals surface area contributed by atoms with Gasteiger partial charge in [0.25, 0.3) is 5.91 Å². The van der Waals surface area contributed by atoms with Gasteiger partial charge in [-0.05, 0) is 31.0 Å². The molecule has 1 saturated heterocycles. The van der Waals surface area contributed by atoms with Gasteiger partial charge in [0.05, 0.1) is 24.7 Å². The molecule has 0 aliphatic carbocycles. The van der Waals surface area contributed by atoms with Crippen molar-refractivity contribution in [2.24, 2.45) is 0 Å². The van der Waals surface area contributed by atoms with Crippen LogP contribution < -0.4 is 15.0 Å². The first kappa shape index (κ1) is 20.1. The van der Waals surface area contributed by atoms with Crippen molar-refractivity contribution in [3.63, 3.8) is 0 Å². The number of ether oxygens (including phenoxy) is 1. The molecule has 3 heterocycles. The Bertz CT molecular complexity index is 1240. The van der Waals surface area contributed by atoms with Gasteiger partial charge in [0.2, 0.25) is 0 Å². The minimum absolute atomic E-state index is 0.0356. The molecule has 1 atom stereocenters. The second-order valence-electron chi connectivity index (χ2n) is 7.92. The van der Waals surface area contributed by atoms with E-state index in [1.165, 1.54) is 0 Å². The van der Waals surface area contributed by atoms with Gasteiger partial charge in [0, 0.05) is 30.9 Å². The Morgan fingerprint density at radius 3 is 2.75 bits per heavy atom. The molecular weight excluding hydrogens is 402 g/mol. The summed E-state index contributed by atoms with van der Waals surface area (Å²) < 4.78 is 7.25. The molecule has 7 heteroatoms. The van der Waals surface area contributed by atoms with Crippen molar-refractivity contribution in [3.05, 3.63) is 78.6 Å². The number of methoxy groups -OCH3 is 1. The number of rotatable bonds is 5. The quantitative estimate of drug-likeness (QED) is 0.525. The number of anilines is 1. The van der Waals surface area contributed by atoms with E-state index in [4.69, 9.17) is 4.74 Å². The highest BCUT2D eigenvalue weighted by Crippen LogP contribution is 2.30. The Labute approximate surface area is 186 Å². The summed E-state index contributed by atoms with van der Waals surface area (Å²) in [5.41, 5.74) is 4.02. The lowest BCUT2D eigenvalue weighted by atomic mass is 10.0. The minimum Gasteiger partial charge on any atom is -0.495 e. The molecule has 5 rings (SSSR count). The van der Waals surface area contributed by atoms with Gasteiger partial charge < -0.3 is 15.0 Å². The predicted molar refractivity (Wildman–Crippen MR) is 124 cm³/mol. The third-order valence-electron chi connectivity index (χ3n) is 5.90. The number of nitrogens with one attached hydrogen (secondary N) is 1. The first-order valence-corrected chi connectivity index (χ1v) is 10.8. The van der Waals surface area contributed by atoms with Crippen LogP contribution in [0.25, 0.3) is 16.9 Å². The van der Waals surface area contributed by atoms with Crippen molar-refractivity contribution in [1.29, 1.82) is 0 Å². The average molecular weight is 428 g/mol. The zero-order valence-electron chi connectivity index (χ0n) is 17.9. The van der Waals surface area contributed by atoms with Crippen LogP contribution in [-0.2, 0) is 0 Å². The molecule has 7 nitrogen and oxygen atoms in total. The van der Waals surface area contributed by atoms with E-state index in [0.29, 0.717) is 11.2 Å². The lowest BCUT2D eigenvalue weighted by Crippen LogP contribution is -2.47. The zero-order valence-corrected chi connectivity index (χ0v) is 17.9. The third kappa shape index (κ3) is 3.77. The first-order valence-electron chi connectivity index (χ1n) is 10.8. The van der Waals surface area contributed by atoms with Crippen LogP contribution in [0.5, 0.6) is 5.75 Å². The number of piperidine rings is 1. The molecular formula is C25H25N5O2. The van der Waals surface area contributed by atoms with Gasteiger partial charge in [-0.15, -0.1) is 0 Å². The standard InChI is InChI=1S/C25H25N5O2/c1-32-23-12-6-5-11-22(23)29-15-7-10-19(17-29)28-25(31)20-16-27-30-21(13-14-26-24(20)30)18-8-3-2-4-9-18/h2-6,8-9,11-14,16,19H,7,10,15,17H2,1H3,(H,28,31). The Morgan fingerprint density at radius 2 is 1.91 bits per heavy atom. The number of fused-ring (bicyclic) bond motifs is 1. The molecule has 0 spiro atoms. The van der Waals surface area contributed by atoms with Gasteiger partial charge in [-0.25, -0.2) is 9.50 Å². The highest BCUT2D eigenvalue weighted by molar-refractivity contribution is 6.00. The fourth-order valence-corrected chi connectivity index (χ4v) is 4.35. The lowest BCUT2D eigenvalue weighted by molar-refractivity contribution is 0.0934.